The standard InChI is InChI=1S/C11H15N3O2S/c1-7(10(12)17)5-14-11(15)8-3-4-13-6-9(8)16-2/h3-4,6-7H,5H2,1-2H3,(H2,12,17)(H,14,15). The van der Waals surface area contributed by atoms with Crippen LogP contribution in [0.1, 0.15) is 17.3 Å². The second-order valence-corrected chi connectivity index (χ2v) is 4.06. The fraction of sp³-hybridized carbons (Fsp3) is 0.364. The summed E-state index contributed by atoms with van der Waals surface area (Å²) in [4.78, 5) is 16.1. The van der Waals surface area contributed by atoms with Crippen molar-refractivity contribution in [3.05, 3.63) is 24.0 Å². The van der Waals surface area contributed by atoms with E-state index in [0.29, 0.717) is 22.8 Å². The summed E-state index contributed by atoms with van der Waals surface area (Å²) < 4.78 is 5.05. The lowest BCUT2D eigenvalue weighted by molar-refractivity contribution is 0.0948. The van der Waals surface area contributed by atoms with Gasteiger partial charge in [-0.3, -0.25) is 9.78 Å². The number of rotatable bonds is 5. The first-order valence-electron chi connectivity index (χ1n) is 5.11. The Morgan fingerprint density at radius 1 is 1.71 bits per heavy atom. The van der Waals surface area contributed by atoms with Gasteiger partial charge in [0, 0.05) is 18.7 Å². The Labute approximate surface area is 105 Å². The number of ether oxygens (including phenoxy) is 1. The maximum atomic E-state index is 11.8. The third kappa shape index (κ3) is 3.67. The van der Waals surface area contributed by atoms with Crippen molar-refractivity contribution in [1.82, 2.24) is 10.3 Å². The average Bonchev–Trinajstić information content (AvgIpc) is 2.35. The molecule has 0 spiro atoms. The Hall–Kier alpha value is -1.69. The number of hydrogen-bond donors (Lipinski definition) is 2. The fourth-order valence-electron chi connectivity index (χ4n) is 1.17. The van der Waals surface area contributed by atoms with Crippen molar-refractivity contribution in [2.24, 2.45) is 11.7 Å². The number of nitrogens with one attached hydrogen (secondary N) is 1. The molecule has 5 nitrogen and oxygen atoms in total. The van der Waals surface area contributed by atoms with Crippen molar-refractivity contribution < 1.29 is 9.53 Å². The Morgan fingerprint density at radius 3 is 3.00 bits per heavy atom. The molecule has 3 N–H and O–H groups in total. The molecule has 1 heterocycles. The highest BCUT2D eigenvalue weighted by Gasteiger charge is 2.13. The zero-order chi connectivity index (χ0) is 12.8. The normalized spacial score (nSPS) is 11.6. The summed E-state index contributed by atoms with van der Waals surface area (Å²) in [6.07, 6.45) is 3.03. The van der Waals surface area contributed by atoms with Crippen LogP contribution in [0.2, 0.25) is 0 Å². The third-order valence-electron chi connectivity index (χ3n) is 2.30. The highest BCUT2D eigenvalue weighted by Crippen LogP contribution is 2.15. The Bertz CT molecular complexity index is 423. The topological polar surface area (TPSA) is 77.2 Å². The minimum absolute atomic E-state index is 0.0400. The molecule has 0 saturated carbocycles. The first-order chi connectivity index (χ1) is 8.06. The van der Waals surface area contributed by atoms with Crippen LogP contribution in [0.15, 0.2) is 18.5 Å². The molecule has 1 atom stereocenters. The van der Waals surface area contributed by atoms with Crippen molar-refractivity contribution in [1.29, 1.82) is 0 Å². The van der Waals surface area contributed by atoms with Crippen LogP contribution in [0, 0.1) is 5.92 Å². The Balaban J connectivity index is 2.67. The van der Waals surface area contributed by atoms with Gasteiger partial charge < -0.3 is 15.8 Å². The molecule has 1 amide bonds. The number of carbonyl (C=O) groups is 1. The van der Waals surface area contributed by atoms with E-state index < -0.39 is 0 Å². The molecular formula is C11H15N3O2S. The number of aromatic nitrogens is 1. The Kier molecular flexibility index (Phi) is 4.84. The second kappa shape index (κ2) is 6.15. The molecule has 6 heteroatoms. The van der Waals surface area contributed by atoms with Gasteiger partial charge in [-0.05, 0) is 6.07 Å². The quantitative estimate of drug-likeness (QED) is 0.757. The number of methoxy groups -OCH3 is 1. The molecule has 0 radical (unpaired) electrons. The summed E-state index contributed by atoms with van der Waals surface area (Å²) in [5.41, 5.74) is 5.90. The molecule has 0 saturated heterocycles. The Morgan fingerprint density at radius 2 is 2.41 bits per heavy atom. The number of hydrogen-bond acceptors (Lipinski definition) is 4. The lowest BCUT2D eigenvalue weighted by atomic mass is 10.1. The molecule has 0 aliphatic heterocycles. The minimum atomic E-state index is -0.229. The van der Waals surface area contributed by atoms with Gasteiger partial charge in [-0.15, -0.1) is 0 Å². The summed E-state index contributed by atoms with van der Waals surface area (Å²) in [5, 5.41) is 2.74. The number of pyridine rings is 1. The second-order valence-electron chi connectivity index (χ2n) is 3.59. The van der Waals surface area contributed by atoms with E-state index in [-0.39, 0.29) is 11.8 Å². The van der Waals surface area contributed by atoms with Crippen LogP contribution in [0.25, 0.3) is 0 Å². The molecule has 1 aromatic rings. The number of amides is 1. The van der Waals surface area contributed by atoms with E-state index in [1.54, 1.807) is 6.07 Å². The van der Waals surface area contributed by atoms with E-state index in [9.17, 15) is 4.79 Å². The van der Waals surface area contributed by atoms with Crippen LogP contribution in [-0.4, -0.2) is 29.5 Å². The van der Waals surface area contributed by atoms with E-state index in [2.05, 4.69) is 10.3 Å². The molecule has 0 aliphatic carbocycles. The highest BCUT2D eigenvalue weighted by atomic mass is 32.1. The zero-order valence-electron chi connectivity index (χ0n) is 9.77. The summed E-state index contributed by atoms with van der Waals surface area (Å²) in [6, 6.07) is 1.60. The average molecular weight is 253 g/mol. The van der Waals surface area contributed by atoms with Gasteiger partial charge in [0.2, 0.25) is 0 Å². The maximum absolute atomic E-state index is 11.8. The first-order valence-corrected chi connectivity index (χ1v) is 5.52. The summed E-state index contributed by atoms with van der Waals surface area (Å²) in [6.45, 7) is 2.26. The van der Waals surface area contributed by atoms with E-state index >= 15 is 0 Å². The van der Waals surface area contributed by atoms with Gasteiger partial charge in [0.15, 0.2) is 0 Å². The monoisotopic (exact) mass is 253 g/mol. The molecule has 1 unspecified atom stereocenters. The van der Waals surface area contributed by atoms with Gasteiger partial charge in [0.25, 0.3) is 5.91 Å². The van der Waals surface area contributed by atoms with Crippen molar-refractivity contribution in [3.63, 3.8) is 0 Å². The molecule has 1 aromatic heterocycles. The predicted octanol–water partition coefficient (Wildman–Crippen LogP) is 0.742. The molecule has 92 valence electrons. The molecule has 0 aromatic carbocycles. The van der Waals surface area contributed by atoms with Crippen LogP contribution in [0.5, 0.6) is 5.75 Å². The van der Waals surface area contributed by atoms with Gasteiger partial charge >= 0.3 is 0 Å². The fourth-order valence-corrected chi connectivity index (χ4v) is 1.26. The first kappa shape index (κ1) is 13.4. The summed E-state index contributed by atoms with van der Waals surface area (Å²) in [7, 11) is 1.49. The van der Waals surface area contributed by atoms with Crippen LogP contribution in [0.4, 0.5) is 0 Å². The summed E-state index contributed by atoms with van der Waals surface area (Å²) >= 11 is 4.83. The zero-order valence-corrected chi connectivity index (χ0v) is 10.6. The molecule has 0 aliphatic rings. The smallest absolute Gasteiger partial charge is 0.255 e. The van der Waals surface area contributed by atoms with E-state index in [1.807, 2.05) is 6.92 Å². The van der Waals surface area contributed by atoms with Gasteiger partial charge in [-0.1, -0.05) is 19.1 Å². The predicted molar refractivity (Wildman–Crippen MR) is 69.1 cm³/mol. The number of thiocarbonyl (C=S) groups is 1. The molecular weight excluding hydrogens is 238 g/mol. The highest BCUT2D eigenvalue weighted by molar-refractivity contribution is 7.80. The van der Waals surface area contributed by atoms with Crippen LogP contribution in [0.3, 0.4) is 0 Å². The van der Waals surface area contributed by atoms with Crippen molar-refractivity contribution in [3.8, 4) is 5.75 Å². The van der Waals surface area contributed by atoms with Crippen molar-refractivity contribution in [2.75, 3.05) is 13.7 Å². The van der Waals surface area contributed by atoms with E-state index in [0.717, 1.165) is 0 Å². The van der Waals surface area contributed by atoms with Crippen LogP contribution >= 0.6 is 12.2 Å². The minimum Gasteiger partial charge on any atom is -0.494 e. The molecule has 17 heavy (non-hydrogen) atoms. The van der Waals surface area contributed by atoms with Crippen LogP contribution in [-0.2, 0) is 0 Å². The third-order valence-corrected chi connectivity index (χ3v) is 2.71. The lowest BCUT2D eigenvalue weighted by Gasteiger charge is -2.12. The maximum Gasteiger partial charge on any atom is 0.255 e. The van der Waals surface area contributed by atoms with Gasteiger partial charge in [0.1, 0.15) is 5.75 Å². The summed E-state index contributed by atoms with van der Waals surface area (Å²) in [5.74, 6) is 0.169. The van der Waals surface area contributed by atoms with Gasteiger partial charge in [-0.2, -0.15) is 0 Å². The molecule has 1 rings (SSSR count). The van der Waals surface area contributed by atoms with Crippen LogP contribution < -0.4 is 15.8 Å². The molecule has 0 fully saturated rings. The van der Waals surface area contributed by atoms with Crippen molar-refractivity contribution in [2.45, 2.75) is 6.92 Å². The lowest BCUT2D eigenvalue weighted by Crippen LogP contribution is -2.33. The number of carbonyl (C=O) groups excluding carboxylic acids is 1. The largest absolute Gasteiger partial charge is 0.494 e. The van der Waals surface area contributed by atoms with Gasteiger partial charge in [-0.25, -0.2) is 0 Å². The van der Waals surface area contributed by atoms with Crippen molar-refractivity contribution >= 4 is 23.1 Å². The number of nitrogens with two attached hydrogens (primary N) is 1. The SMILES string of the molecule is COc1cnccc1C(=O)NCC(C)C(N)=S. The molecule has 0 bridgehead atoms. The van der Waals surface area contributed by atoms with Gasteiger partial charge in [0.05, 0.1) is 23.9 Å². The van der Waals surface area contributed by atoms with E-state index in [4.69, 9.17) is 22.7 Å². The number of nitrogens with zero attached hydrogens (tertiary/aromatic N) is 1. The van der Waals surface area contributed by atoms with E-state index in [1.165, 1.54) is 19.5 Å².